The molecule has 0 unspecified atom stereocenters. The molecule has 2 N–H and O–H groups in total. The van der Waals surface area contributed by atoms with E-state index >= 15 is 0 Å². The lowest BCUT2D eigenvalue weighted by molar-refractivity contribution is 0.0697. The van der Waals surface area contributed by atoms with E-state index in [1.54, 1.807) is 36.7 Å². The summed E-state index contributed by atoms with van der Waals surface area (Å²) in [6.45, 7) is 1.91. The molecule has 2 aromatic carbocycles. The third kappa shape index (κ3) is 4.28. The van der Waals surface area contributed by atoms with Crippen LogP contribution in [0.2, 0.25) is 0 Å². The molecule has 4 aromatic rings. The van der Waals surface area contributed by atoms with Crippen molar-refractivity contribution in [2.75, 3.05) is 5.32 Å². The quantitative estimate of drug-likeness (QED) is 0.423. The zero-order valence-electron chi connectivity index (χ0n) is 16.3. The fourth-order valence-electron chi connectivity index (χ4n) is 3.13. The molecule has 156 valence electrons. The van der Waals surface area contributed by atoms with Gasteiger partial charge in [0, 0.05) is 24.5 Å². The van der Waals surface area contributed by atoms with Gasteiger partial charge < -0.3 is 15.2 Å². The van der Waals surface area contributed by atoms with Crippen LogP contribution in [0.3, 0.4) is 0 Å². The Balaban J connectivity index is 1.67. The Morgan fingerprint density at radius 1 is 1.00 bits per heavy atom. The van der Waals surface area contributed by atoms with E-state index in [1.165, 1.54) is 18.2 Å². The van der Waals surface area contributed by atoms with Crippen molar-refractivity contribution in [2.24, 2.45) is 0 Å². The minimum atomic E-state index is -1.02. The van der Waals surface area contributed by atoms with Gasteiger partial charge in [-0.3, -0.25) is 0 Å². The normalized spacial score (nSPS) is 11.8. The summed E-state index contributed by atoms with van der Waals surface area (Å²) in [4.78, 5) is 19.7. The van der Waals surface area contributed by atoms with Crippen LogP contribution < -0.4 is 10.1 Å². The van der Waals surface area contributed by atoms with Gasteiger partial charge >= 0.3 is 5.97 Å². The van der Waals surface area contributed by atoms with Gasteiger partial charge in [-0.05, 0) is 54.3 Å². The van der Waals surface area contributed by atoms with Gasteiger partial charge in [0.25, 0.3) is 0 Å². The number of rotatable bonds is 6. The predicted molar refractivity (Wildman–Crippen MR) is 111 cm³/mol. The van der Waals surface area contributed by atoms with E-state index < -0.39 is 17.6 Å². The number of hydrogen-bond acceptors (Lipinski definition) is 5. The number of halogens is 2. The largest absolute Gasteiger partial charge is 0.478 e. The highest BCUT2D eigenvalue weighted by molar-refractivity contribution is 5.96. The van der Waals surface area contributed by atoms with Gasteiger partial charge in [-0.15, -0.1) is 0 Å². The molecule has 2 heterocycles. The summed E-state index contributed by atoms with van der Waals surface area (Å²) < 4.78 is 32.5. The van der Waals surface area contributed by atoms with Crippen molar-refractivity contribution in [3.8, 4) is 11.6 Å². The van der Waals surface area contributed by atoms with Crippen LogP contribution >= 0.6 is 0 Å². The highest BCUT2D eigenvalue weighted by atomic mass is 19.2. The van der Waals surface area contributed by atoms with Crippen LogP contribution in [0.25, 0.3) is 10.8 Å². The van der Waals surface area contributed by atoms with E-state index in [1.807, 2.05) is 6.92 Å². The van der Waals surface area contributed by atoms with Gasteiger partial charge in [0.15, 0.2) is 11.6 Å². The van der Waals surface area contributed by atoms with Crippen molar-refractivity contribution in [3.05, 3.63) is 89.8 Å². The van der Waals surface area contributed by atoms with E-state index in [0.717, 1.165) is 23.1 Å². The van der Waals surface area contributed by atoms with Crippen LogP contribution in [-0.4, -0.2) is 21.0 Å². The van der Waals surface area contributed by atoms with Crippen molar-refractivity contribution >= 4 is 22.6 Å². The second-order valence-electron chi connectivity index (χ2n) is 6.84. The molecule has 0 aliphatic carbocycles. The number of carbonyl (C=O) groups is 1. The molecule has 0 bridgehead atoms. The standard InChI is InChI=1S/C23H17F2N3O3/c1-13(14-2-4-16(5-3-14)23(29)30)28-21-20-15(8-10-26-21)9-11-27-22(20)31-17-6-7-18(24)19(25)12-17/h2-13H,1H3,(H,26,28)(H,29,30)/t13-/m0/s1. The van der Waals surface area contributed by atoms with Crippen LogP contribution in [0.5, 0.6) is 11.6 Å². The molecular weight excluding hydrogens is 404 g/mol. The Labute approximate surface area is 176 Å². The van der Waals surface area contributed by atoms with Crippen LogP contribution in [0, 0.1) is 11.6 Å². The van der Waals surface area contributed by atoms with Gasteiger partial charge in [0.05, 0.1) is 10.9 Å². The van der Waals surface area contributed by atoms with Crippen molar-refractivity contribution in [1.29, 1.82) is 0 Å². The minimum Gasteiger partial charge on any atom is -0.478 e. The fraction of sp³-hybridized carbons (Fsp3) is 0.0870. The molecule has 31 heavy (non-hydrogen) atoms. The van der Waals surface area contributed by atoms with E-state index in [0.29, 0.717) is 11.2 Å². The maximum Gasteiger partial charge on any atom is 0.335 e. The highest BCUT2D eigenvalue weighted by Gasteiger charge is 2.15. The first-order chi connectivity index (χ1) is 14.9. The molecule has 0 radical (unpaired) electrons. The van der Waals surface area contributed by atoms with E-state index in [-0.39, 0.29) is 23.2 Å². The number of pyridine rings is 2. The topological polar surface area (TPSA) is 84.3 Å². The second-order valence-corrected chi connectivity index (χ2v) is 6.84. The molecule has 0 saturated carbocycles. The number of aromatic nitrogens is 2. The SMILES string of the molecule is C[C@H](Nc1nccc2ccnc(Oc3ccc(F)c(F)c3)c12)c1ccc(C(=O)O)cc1. The molecule has 2 aromatic heterocycles. The molecule has 0 aliphatic heterocycles. The van der Waals surface area contributed by atoms with E-state index in [2.05, 4.69) is 15.3 Å². The number of aromatic carboxylic acids is 1. The van der Waals surface area contributed by atoms with Crippen molar-refractivity contribution < 1.29 is 23.4 Å². The molecule has 0 aliphatic rings. The summed E-state index contributed by atoms with van der Waals surface area (Å²) in [5, 5.41) is 13.7. The average Bonchev–Trinajstić information content (AvgIpc) is 2.76. The Morgan fingerprint density at radius 2 is 1.71 bits per heavy atom. The summed E-state index contributed by atoms with van der Waals surface area (Å²) in [5.41, 5.74) is 1.06. The van der Waals surface area contributed by atoms with Crippen LogP contribution in [0.1, 0.15) is 28.9 Å². The number of ether oxygens (including phenoxy) is 1. The van der Waals surface area contributed by atoms with Crippen molar-refractivity contribution in [1.82, 2.24) is 9.97 Å². The Bertz CT molecular complexity index is 1260. The molecule has 0 saturated heterocycles. The molecular formula is C23H17F2N3O3. The Hall–Kier alpha value is -4.07. The molecule has 6 nitrogen and oxygen atoms in total. The van der Waals surface area contributed by atoms with Gasteiger partial charge in [-0.2, -0.15) is 0 Å². The molecule has 0 spiro atoms. The van der Waals surface area contributed by atoms with Gasteiger partial charge in [-0.1, -0.05) is 12.1 Å². The first-order valence-electron chi connectivity index (χ1n) is 9.39. The summed E-state index contributed by atoms with van der Waals surface area (Å²) in [7, 11) is 0. The lowest BCUT2D eigenvalue weighted by atomic mass is 10.1. The monoisotopic (exact) mass is 421 g/mol. The minimum absolute atomic E-state index is 0.103. The maximum absolute atomic E-state index is 13.6. The van der Waals surface area contributed by atoms with Crippen molar-refractivity contribution in [2.45, 2.75) is 13.0 Å². The van der Waals surface area contributed by atoms with Gasteiger partial charge in [-0.25, -0.2) is 23.5 Å². The molecule has 0 amide bonds. The number of benzene rings is 2. The third-order valence-corrected chi connectivity index (χ3v) is 4.76. The third-order valence-electron chi connectivity index (χ3n) is 4.76. The van der Waals surface area contributed by atoms with Crippen LogP contribution in [0.4, 0.5) is 14.6 Å². The summed E-state index contributed by atoms with van der Waals surface area (Å²) in [6, 6.07) is 13.1. The molecule has 8 heteroatoms. The molecule has 1 atom stereocenters. The summed E-state index contributed by atoms with van der Waals surface area (Å²) in [6.07, 6.45) is 3.18. The van der Waals surface area contributed by atoms with Gasteiger partial charge in [0.2, 0.25) is 5.88 Å². The van der Waals surface area contributed by atoms with Crippen molar-refractivity contribution in [3.63, 3.8) is 0 Å². The number of carboxylic acids is 1. The smallest absolute Gasteiger partial charge is 0.335 e. The summed E-state index contributed by atoms with van der Waals surface area (Å²) >= 11 is 0. The van der Waals surface area contributed by atoms with E-state index in [4.69, 9.17) is 9.84 Å². The molecule has 0 fully saturated rings. The lowest BCUT2D eigenvalue weighted by Gasteiger charge is -2.18. The maximum atomic E-state index is 13.6. The number of fused-ring (bicyclic) bond motifs is 1. The number of nitrogens with one attached hydrogen (secondary N) is 1. The number of nitrogens with zero attached hydrogens (tertiary/aromatic N) is 2. The first-order valence-corrected chi connectivity index (χ1v) is 9.39. The molecule has 4 rings (SSSR count). The lowest BCUT2D eigenvalue weighted by Crippen LogP contribution is -2.09. The second kappa shape index (κ2) is 8.35. The van der Waals surface area contributed by atoms with E-state index in [9.17, 15) is 13.6 Å². The van der Waals surface area contributed by atoms with Crippen LogP contribution in [-0.2, 0) is 0 Å². The number of carboxylic acid groups (broad SMARTS) is 1. The Morgan fingerprint density at radius 3 is 2.39 bits per heavy atom. The highest BCUT2D eigenvalue weighted by Crippen LogP contribution is 2.34. The average molecular weight is 421 g/mol. The number of anilines is 1. The predicted octanol–water partition coefficient (Wildman–Crippen LogP) is 5.57. The first kappa shape index (κ1) is 20.2. The summed E-state index contributed by atoms with van der Waals surface area (Å²) in [5.74, 6) is -2.21. The fourth-order valence-corrected chi connectivity index (χ4v) is 3.13. The van der Waals surface area contributed by atoms with Crippen LogP contribution in [0.15, 0.2) is 67.0 Å². The zero-order chi connectivity index (χ0) is 22.0. The van der Waals surface area contributed by atoms with Gasteiger partial charge in [0.1, 0.15) is 11.6 Å². The Kier molecular flexibility index (Phi) is 5.44. The number of hydrogen-bond donors (Lipinski definition) is 2. The zero-order valence-corrected chi connectivity index (χ0v) is 16.3.